The van der Waals surface area contributed by atoms with E-state index in [4.69, 9.17) is 4.74 Å². The van der Waals surface area contributed by atoms with Gasteiger partial charge in [0, 0.05) is 45.3 Å². The van der Waals surface area contributed by atoms with Crippen LogP contribution in [0.3, 0.4) is 0 Å². The molecule has 3 aliphatic rings. The molecule has 2 amide bonds. The number of ether oxygens (including phenoxy) is 1. The number of anilines is 1. The smallest absolute Gasteiger partial charge is 0.262 e. The lowest BCUT2D eigenvalue weighted by Crippen LogP contribution is -2.53. The fraction of sp³-hybridized carbons (Fsp3) is 0.636. The highest BCUT2D eigenvalue weighted by Gasteiger charge is 2.37. The standard InChI is InChI=1S/C22H32N4O5S/c1-3-6-24-8-10-25(11-9-24)22(28)17-5-4-7-26(14-17)32(29,30)20-13-19-18(12-16(20)2)23-21(27)15-31-19/h12-13,17H,3-11,14-15H2,1-2H3,(H,23,27)/t17-/m0/s1. The first-order valence-corrected chi connectivity index (χ1v) is 12.8. The second-order valence-corrected chi connectivity index (χ2v) is 10.7. The number of nitrogens with zero attached hydrogens (tertiary/aromatic N) is 3. The van der Waals surface area contributed by atoms with E-state index in [1.807, 2.05) is 4.90 Å². The Balaban J connectivity index is 1.47. The second kappa shape index (κ2) is 9.36. The molecule has 3 aliphatic heterocycles. The molecule has 0 unspecified atom stereocenters. The van der Waals surface area contributed by atoms with Gasteiger partial charge in [0.15, 0.2) is 6.61 Å². The molecule has 0 bridgehead atoms. The number of benzene rings is 1. The number of piperidine rings is 1. The molecule has 0 aliphatic carbocycles. The lowest BCUT2D eigenvalue weighted by atomic mass is 9.98. The molecule has 0 radical (unpaired) electrons. The molecule has 1 atom stereocenters. The first-order chi connectivity index (χ1) is 15.3. The molecule has 10 heteroatoms. The minimum Gasteiger partial charge on any atom is -0.482 e. The van der Waals surface area contributed by atoms with Gasteiger partial charge in [-0.15, -0.1) is 0 Å². The fourth-order valence-electron chi connectivity index (χ4n) is 4.76. The average molecular weight is 465 g/mol. The quantitative estimate of drug-likeness (QED) is 0.705. The normalized spacial score (nSPS) is 22.8. The minimum atomic E-state index is -3.79. The third kappa shape index (κ3) is 4.62. The summed E-state index contributed by atoms with van der Waals surface area (Å²) in [7, 11) is -3.79. The number of hydrogen-bond donors (Lipinski definition) is 1. The molecule has 1 aromatic rings. The predicted molar refractivity (Wildman–Crippen MR) is 120 cm³/mol. The van der Waals surface area contributed by atoms with E-state index >= 15 is 0 Å². The molecule has 9 nitrogen and oxygen atoms in total. The van der Waals surface area contributed by atoms with Crippen molar-refractivity contribution in [2.75, 3.05) is 57.7 Å². The summed E-state index contributed by atoms with van der Waals surface area (Å²) < 4.78 is 33.8. The Hall–Kier alpha value is -2.17. The van der Waals surface area contributed by atoms with Gasteiger partial charge in [-0.05, 0) is 44.4 Å². The van der Waals surface area contributed by atoms with Gasteiger partial charge < -0.3 is 15.0 Å². The van der Waals surface area contributed by atoms with Gasteiger partial charge in [0.1, 0.15) is 5.75 Å². The number of carbonyl (C=O) groups excluding carboxylic acids is 2. The van der Waals surface area contributed by atoms with E-state index in [2.05, 4.69) is 17.1 Å². The summed E-state index contributed by atoms with van der Waals surface area (Å²) >= 11 is 0. The van der Waals surface area contributed by atoms with Crippen molar-refractivity contribution in [3.63, 3.8) is 0 Å². The molecule has 2 saturated heterocycles. The van der Waals surface area contributed by atoms with Gasteiger partial charge in [0.2, 0.25) is 15.9 Å². The first kappa shape index (κ1) is 23.0. The van der Waals surface area contributed by atoms with E-state index in [0.717, 1.165) is 26.1 Å². The number of nitrogens with one attached hydrogen (secondary N) is 1. The number of sulfonamides is 1. The number of carbonyl (C=O) groups is 2. The van der Waals surface area contributed by atoms with Crippen LogP contribution in [0.1, 0.15) is 31.7 Å². The molecule has 32 heavy (non-hydrogen) atoms. The summed E-state index contributed by atoms with van der Waals surface area (Å²) in [6.45, 7) is 8.51. The average Bonchev–Trinajstić information content (AvgIpc) is 2.79. The Kier molecular flexibility index (Phi) is 6.73. The van der Waals surface area contributed by atoms with Crippen LogP contribution in [0.5, 0.6) is 5.75 Å². The van der Waals surface area contributed by atoms with Crippen LogP contribution in [0.4, 0.5) is 5.69 Å². The van der Waals surface area contributed by atoms with E-state index in [1.54, 1.807) is 13.0 Å². The molecule has 0 aromatic heterocycles. The lowest BCUT2D eigenvalue weighted by Gasteiger charge is -2.38. The topological polar surface area (TPSA) is 99.3 Å². The molecule has 1 N–H and O–H groups in total. The van der Waals surface area contributed by atoms with Crippen molar-refractivity contribution in [1.82, 2.24) is 14.1 Å². The molecular weight excluding hydrogens is 432 g/mol. The van der Waals surface area contributed by atoms with Crippen LogP contribution >= 0.6 is 0 Å². The Morgan fingerprint density at radius 3 is 2.66 bits per heavy atom. The van der Waals surface area contributed by atoms with Gasteiger partial charge >= 0.3 is 0 Å². The highest BCUT2D eigenvalue weighted by atomic mass is 32.2. The minimum absolute atomic E-state index is 0.0641. The van der Waals surface area contributed by atoms with Crippen LogP contribution in [-0.2, 0) is 19.6 Å². The van der Waals surface area contributed by atoms with Gasteiger partial charge in [-0.25, -0.2) is 8.42 Å². The van der Waals surface area contributed by atoms with E-state index in [9.17, 15) is 18.0 Å². The maximum Gasteiger partial charge on any atom is 0.262 e. The SMILES string of the molecule is CCCN1CCN(C(=O)[C@H]2CCCN(S(=O)(=O)c3cc4c(cc3C)NC(=O)CO4)C2)CC1. The van der Waals surface area contributed by atoms with Crippen LogP contribution in [-0.4, -0.2) is 86.8 Å². The number of rotatable bonds is 5. The summed E-state index contributed by atoms with van der Waals surface area (Å²) in [6, 6.07) is 3.11. The third-order valence-corrected chi connectivity index (χ3v) is 8.49. The van der Waals surface area contributed by atoms with Gasteiger partial charge in [0.25, 0.3) is 5.91 Å². The van der Waals surface area contributed by atoms with Crippen LogP contribution in [0.25, 0.3) is 0 Å². The van der Waals surface area contributed by atoms with Crippen LogP contribution < -0.4 is 10.1 Å². The Morgan fingerprint density at radius 2 is 1.94 bits per heavy atom. The maximum absolute atomic E-state index is 13.5. The van der Waals surface area contributed by atoms with E-state index in [0.29, 0.717) is 49.5 Å². The zero-order chi connectivity index (χ0) is 22.9. The molecule has 1 aromatic carbocycles. The molecular formula is C22H32N4O5S. The van der Waals surface area contributed by atoms with Crippen molar-refractivity contribution < 1.29 is 22.7 Å². The van der Waals surface area contributed by atoms with Crippen molar-refractivity contribution in [1.29, 1.82) is 0 Å². The van der Waals surface area contributed by atoms with Gasteiger partial charge in [-0.2, -0.15) is 4.31 Å². The predicted octanol–water partition coefficient (Wildman–Crippen LogP) is 1.28. The van der Waals surface area contributed by atoms with Crippen molar-refractivity contribution >= 4 is 27.5 Å². The number of aryl methyl sites for hydroxylation is 1. The lowest BCUT2D eigenvalue weighted by molar-refractivity contribution is -0.138. The Morgan fingerprint density at radius 1 is 1.19 bits per heavy atom. The third-order valence-electron chi connectivity index (χ3n) is 6.48. The number of amides is 2. The Bertz CT molecular complexity index is 988. The van der Waals surface area contributed by atoms with E-state index in [1.165, 1.54) is 10.4 Å². The summed E-state index contributed by atoms with van der Waals surface area (Å²) in [4.78, 5) is 29.1. The molecule has 0 saturated carbocycles. The van der Waals surface area contributed by atoms with Crippen LogP contribution in [0.2, 0.25) is 0 Å². The maximum atomic E-state index is 13.5. The van der Waals surface area contributed by atoms with Crippen molar-refractivity contribution in [3.05, 3.63) is 17.7 Å². The Labute approximate surface area is 189 Å². The number of hydrogen-bond acceptors (Lipinski definition) is 6. The summed E-state index contributed by atoms with van der Waals surface area (Å²) in [6.07, 6.45) is 2.46. The van der Waals surface area contributed by atoms with E-state index in [-0.39, 0.29) is 35.8 Å². The zero-order valence-electron chi connectivity index (χ0n) is 18.8. The van der Waals surface area contributed by atoms with Crippen molar-refractivity contribution in [2.45, 2.75) is 38.0 Å². The monoisotopic (exact) mass is 464 g/mol. The van der Waals surface area contributed by atoms with Gasteiger partial charge in [0.05, 0.1) is 16.5 Å². The second-order valence-electron chi connectivity index (χ2n) is 8.82. The molecule has 3 heterocycles. The zero-order valence-corrected chi connectivity index (χ0v) is 19.6. The number of piperazine rings is 1. The van der Waals surface area contributed by atoms with E-state index < -0.39 is 10.0 Å². The highest BCUT2D eigenvalue weighted by molar-refractivity contribution is 7.89. The van der Waals surface area contributed by atoms with Gasteiger partial charge in [-0.3, -0.25) is 14.5 Å². The van der Waals surface area contributed by atoms with Crippen LogP contribution in [0.15, 0.2) is 17.0 Å². The molecule has 4 rings (SSSR count). The van der Waals surface area contributed by atoms with Crippen LogP contribution in [0, 0.1) is 12.8 Å². The van der Waals surface area contributed by atoms with Crippen molar-refractivity contribution in [2.24, 2.45) is 5.92 Å². The molecule has 176 valence electrons. The molecule has 0 spiro atoms. The van der Waals surface area contributed by atoms with Crippen molar-refractivity contribution in [3.8, 4) is 5.75 Å². The largest absolute Gasteiger partial charge is 0.482 e. The first-order valence-electron chi connectivity index (χ1n) is 11.4. The molecule has 2 fully saturated rings. The van der Waals surface area contributed by atoms with Gasteiger partial charge in [-0.1, -0.05) is 6.92 Å². The summed E-state index contributed by atoms with van der Waals surface area (Å²) in [5.41, 5.74) is 1.02. The fourth-order valence-corrected chi connectivity index (χ4v) is 6.51. The summed E-state index contributed by atoms with van der Waals surface area (Å²) in [5, 5.41) is 2.70. The number of fused-ring (bicyclic) bond motifs is 1. The highest BCUT2D eigenvalue weighted by Crippen LogP contribution is 2.35. The summed E-state index contributed by atoms with van der Waals surface area (Å²) in [5.74, 6) is -0.164.